The first-order chi connectivity index (χ1) is 9.72. The second kappa shape index (κ2) is 5.15. The topological polar surface area (TPSA) is 94.7 Å². The Labute approximate surface area is 119 Å². The number of aliphatic hydroxyl groups excluding tert-OH is 1. The van der Waals surface area contributed by atoms with Crippen molar-refractivity contribution in [2.24, 2.45) is 0 Å². The molecule has 0 saturated heterocycles. The number of hydrogen-bond donors (Lipinski definition) is 2. The molecular weight excluding hydrogens is 276 g/mol. The number of nitrogens with one attached hydrogen (secondary N) is 1. The molecule has 1 heterocycles. The lowest BCUT2D eigenvalue weighted by molar-refractivity contribution is 0.281. The van der Waals surface area contributed by atoms with E-state index in [0.29, 0.717) is 16.3 Å². The zero-order valence-electron chi connectivity index (χ0n) is 10.5. The molecule has 1 aliphatic carbocycles. The summed E-state index contributed by atoms with van der Waals surface area (Å²) in [6.07, 6.45) is 1.98. The summed E-state index contributed by atoms with van der Waals surface area (Å²) in [6, 6.07) is 7.51. The molecule has 7 heteroatoms. The Hall–Kier alpha value is -2.04. The van der Waals surface area contributed by atoms with Gasteiger partial charge in [-0.15, -0.1) is 5.10 Å². The molecule has 0 radical (unpaired) electrons. The lowest BCUT2D eigenvalue weighted by Crippen LogP contribution is -2.16. The molecule has 1 saturated carbocycles. The van der Waals surface area contributed by atoms with Gasteiger partial charge in [0.2, 0.25) is 0 Å². The van der Waals surface area contributed by atoms with Gasteiger partial charge in [0.25, 0.3) is 0 Å². The van der Waals surface area contributed by atoms with E-state index in [1.165, 1.54) is 11.8 Å². The number of aromatic nitrogens is 3. The Morgan fingerprint density at radius 3 is 3.00 bits per heavy atom. The Morgan fingerprint density at radius 2 is 2.35 bits per heavy atom. The average Bonchev–Trinajstić information content (AvgIpc) is 3.24. The van der Waals surface area contributed by atoms with Gasteiger partial charge in [-0.25, -0.2) is 9.89 Å². The van der Waals surface area contributed by atoms with Crippen molar-refractivity contribution in [2.75, 3.05) is 0 Å². The Balaban J connectivity index is 1.96. The van der Waals surface area contributed by atoms with E-state index in [0.717, 1.165) is 17.7 Å². The van der Waals surface area contributed by atoms with Gasteiger partial charge in [-0.2, -0.15) is 5.26 Å². The Kier molecular flexibility index (Phi) is 3.34. The van der Waals surface area contributed by atoms with E-state index < -0.39 is 0 Å². The van der Waals surface area contributed by atoms with E-state index in [1.807, 2.05) is 0 Å². The molecule has 0 amide bonds. The maximum absolute atomic E-state index is 11.7. The zero-order chi connectivity index (χ0) is 14.1. The number of aliphatic hydroxyl groups is 1. The minimum Gasteiger partial charge on any atom is -0.392 e. The van der Waals surface area contributed by atoms with Gasteiger partial charge in [0, 0.05) is 10.9 Å². The molecule has 0 spiro atoms. The number of aromatic amines is 1. The number of H-pyrrole nitrogens is 1. The van der Waals surface area contributed by atoms with Crippen LogP contribution in [0.3, 0.4) is 0 Å². The molecule has 1 fully saturated rings. The van der Waals surface area contributed by atoms with Crippen LogP contribution in [0.4, 0.5) is 0 Å². The molecule has 0 bridgehead atoms. The van der Waals surface area contributed by atoms with E-state index in [-0.39, 0.29) is 18.3 Å². The summed E-state index contributed by atoms with van der Waals surface area (Å²) < 4.78 is 1.64. The van der Waals surface area contributed by atoms with Crippen molar-refractivity contribution >= 4 is 11.8 Å². The first kappa shape index (κ1) is 13.0. The molecule has 3 rings (SSSR count). The van der Waals surface area contributed by atoms with Crippen LogP contribution in [0.1, 0.15) is 30.0 Å². The van der Waals surface area contributed by atoms with E-state index in [1.54, 1.807) is 22.8 Å². The average molecular weight is 288 g/mol. The third-order valence-corrected chi connectivity index (χ3v) is 4.18. The summed E-state index contributed by atoms with van der Waals surface area (Å²) >= 11 is 1.29. The molecule has 1 aliphatic rings. The summed E-state index contributed by atoms with van der Waals surface area (Å²) in [5.74, 6) is 0. The molecule has 2 aromatic rings. The van der Waals surface area contributed by atoms with Crippen LogP contribution in [0, 0.1) is 11.3 Å². The molecule has 6 nitrogen and oxygen atoms in total. The Morgan fingerprint density at radius 1 is 1.55 bits per heavy atom. The maximum Gasteiger partial charge on any atom is 0.344 e. The van der Waals surface area contributed by atoms with E-state index in [2.05, 4.69) is 16.3 Å². The number of nitrogens with zero attached hydrogens (tertiary/aromatic N) is 3. The van der Waals surface area contributed by atoms with Gasteiger partial charge < -0.3 is 5.11 Å². The van der Waals surface area contributed by atoms with Crippen LogP contribution < -0.4 is 5.69 Å². The van der Waals surface area contributed by atoms with Crippen molar-refractivity contribution in [3.63, 3.8) is 0 Å². The van der Waals surface area contributed by atoms with Crippen molar-refractivity contribution in [2.45, 2.75) is 35.5 Å². The largest absolute Gasteiger partial charge is 0.392 e. The lowest BCUT2D eigenvalue weighted by atomic mass is 10.1. The van der Waals surface area contributed by atoms with Crippen molar-refractivity contribution in [3.05, 3.63) is 39.8 Å². The lowest BCUT2D eigenvalue weighted by Gasteiger charge is -2.06. The quantitative estimate of drug-likeness (QED) is 0.887. The molecular formula is C13H12N4O2S. The fourth-order valence-corrected chi connectivity index (χ4v) is 2.94. The monoisotopic (exact) mass is 288 g/mol. The summed E-state index contributed by atoms with van der Waals surface area (Å²) in [5, 5.41) is 25.3. The second-order valence-corrected chi connectivity index (χ2v) is 5.62. The van der Waals surface area contributed by atoms with Crippen LogP contribution in [0.15, 0.2) is 33.0 Å². The SMILES string of the molecule is N#Cc1cc(CO)ccc1Sc1n[nH]c(=O)n1C1CC1. The summed E-state index contributed by atoms with van der Waals surface area (Å²) in [6.45, 7) is -0.102. The smallest absolute Gasteiger partial charge is 0.344 e. The van der Waals surface area contributed by atoms with Gasteiger partial charge in [0.1, 0.15) is 6.07 Å². The van der Waals surface area contributed by atoms with Crippen LogP contribution in [0.2, 0.25) is 0 Å². The first-order valence-electron chi connectivity index (χ1n) is 6.21. The second-order valence-electron chi connectivity index (χ2n) is 4.62. The van der Waals surface area contributed by atoms with Gasteiger partial charge in [-0.3, -0.25) is 4.57 Å². The normalized spacial score (nSPS) is 14.2. The van der Waals surface area contributed by atoms with E-state index in [4.69, 9.17) is 5.11 Å². The third-order valence-electron chi connectivity index (χ3n) is 3.13. The van der Waals surface area contributed by atoms with Gasteiger partial charge in [0.05, 0.1) is 12.2 Å². The van der Waals surface area contributed by atoms with Crippen LogP contribution in [0.25, 0.3) is 0 Å². The Bertz CT molecular complexity index is 740. The summed E-state index contributed by atoms with van der Waals surface area (Å²) in [5.41, 5.74) is 0.951. The van der Waals surface area contributed by atoms with Gasteiger partial charge in [-0.1, -0.05) is 6.07 Å². The van der Waals surface area contributed by atoms with Crippen LogP contribution in [-0.2, 0) is 6.61 Å². The molecule has 20 heavy (non-hydrogen) atoms. The first-order valence-corrected chi connectivity index (χ1v) is 7.03. The number of benzene rings is 1. The van der Waals surface area contributed by atoms with Crippen LogP contribution in [-0.4, -0.2) is 19.9 Å². The minimum atomic E-state index is -0.208. The number of rotatable bonds is 4. The standard InChI is InChI=1S/C13H12N4O2S/c14-6-9-5-8(7-18)1-4-11(9)20-13-16-15-12(19)17(13)10-2-3-10/h1,4-5,10,18H,2-3,7H2,(H,15,19). The third kappa shape index (κ3) is 2.35. The predicted octanol–water partition coefficient (Wildman–Crippen LogP) is 1.42. The number of hydrogen-bond acceptors (Lipinski definition) is 5. The summed E-state index contributed by atoms with van der Waals surface area (Å²) in [4.78, 5) is 12.4. The fourth-order valence-electron chi connectivity index (χ4n) is 1.97. The van der Waals surface area contributed by atoms with E-state index in [9.17, 15) is 10.1 Å². The highest BCUT2D eigenvalue weighted by atomic mass is 32.2. The van der Waals surface area contributed by atoms with Crippen LogP contribution in [0.5, 0.6) is 0 Å². The molecule has 0 aliphatic heterocycles. The van der Waals surface area contributed by atoms with Gasteiger partial charge in [-0.05, 0) is 42.3 Å². The van der Waals surface area contributed by atoms with Crippen LogP contribution >= 0.6 is 11.8 Å². The van der Waals surface area contributed by atoms with Crippen molar-refractivity contribution < 1.29 is 5.11 Å². The van der Waals surface area contributed by atoms with Crippen molar-refractivity contribution in [1.29, 1.82) is 5.26 Å². The predicted molar refractivity (Wildman–Crippen MR) is 72.3 cm³/mol. The summed E-state index contributed by atoms with van der Waals surface area (Å²) in [7, 11) is 0. The van der Waals surface area contributed by atoms with Crippen molar-refractivity contribution in [1.82, 2.24) is 14.8 Å². The highest BCUT2D eigenvalue weighted by Gasteiger charge is 2.29. The molecule has 0 atom stereocenters. The van der Waals surface area contributed by atoms with Crippen molar-refractivity contribution in [3.8, 4) is 6.07 Å². The van der Waals surface area contributed by atoms with E-state index >= 15 is 0 Å². The molecule has 102 valence electrons. The minimum absolute atomic E-state index is 0.102. The van der Waals surface area contributed by atoms with Gasteiger partial charge >= 0.3 is 5.69 Å². The fraction of sp³-hybridized carbons (Fsp3) is 0.308. The zero-order valence-corrected chi connectivity index (χ0v) is 11.4. The highest BCUT2D eigenvalue weighted by molar-refractivity contribution is 7.99. The number of nitriles is 1. The van der Waals surface area contributed by atoms with Gasteiger partial charge in [0.15, 0.2) is 5.16 Å². The maximum atomic E-state index is 11.7. The highest BCUT2D eigenvalue weighted by Crippen LogP contribution is 2.38. The molecule has 0 unspecified atom stereocenters. The molecule has 2 N–H and O–H groups in total. The molecule has 1 aromatic heterocycles. The molecule has 1 aromatic carbocycles.